The smallest absolute Gasteiger partial charge is 0.203 e. The number of hydrogen-bond acceptors (Lipinski definition) is 5. The van der Waals surface area contributed by atoms with Crippen molar-refractivity contribution in [2.24, 2.45) is 0 Å². The van der Waals surface area contributed by atoms with Crippen molar-refractivity contribution >= 4 is 0 Å². The summed E-state index contributed by atoms with van der Waals surface area (Å²) in [5.41, 5.74) is 2.63. The summed E-state index contributed by atoms with van der Waals surface area (Å²) in [6, 6.07) is 15.6. The summed E-state index contributed by atoms with van der Waals surface area (Å²) in [6.07, 6.45) is 2.03. The summed E-state index contributed by atoms with van der Waals surface area (Å²) < 4.78 is 17.4. The van der Waals surface area contributed by atoms with Gasteiger partial charge in [0.05, 0.1) is 20.3 Å². The number of piperazine rings is 1. The van der Waals surface area contributed by atoms with Crippen molar-refractivity contribution in [2.45, 2.75) is 38.3 Å². The largest absolute Gasteiger partial charge is 0.493 e. The SMILES string of the molecule is COc1cc(CN2CCNCC2CC(C)c2ccccc2)cc2c1OCCCO2. The highest BCUT2D eigenvalue weighted by molar-refractivity contribution is 5.54. The molecule has 0 radical (unpaired) electrons. The van der Waals surface area contributed by atoms with Crippen LogP contribution in [0.25, 0.3) is 0 Å². The van der Waals surface area contributed by atoms with Crippen LogP contribution in [0, 0.1) is 0 Å². The van der Waals surface area contributed by atoms with E-state index in [0.29, 0.717) is 25.2 Å². The molecule has 29 heavy (non-hydrogen) atoms. The van der Waals surface area contributed by atoms with Crippen LogP contribution >= 0.6 is 0 Å². The molecule has 5 nitrogen and oxygen atoms in total. The lowest BCUT2D eigenvalue weighted by Crippen LogP contribution is -2.51. The second kappa shape index (κ2) is 9.51. The van der Waals surface area contributed by atoms with Crippen LogP contribution in [0.1, 0.15) is 36.8 Å². The van der Waals surface area contributed by atoms with Crippen molar-refractivity contribution in [3.63, 3.8) is 0 Å². The monoisotopic (exact) mass is 396 g/mol. The Kier molecular flexibility index (Phi) is 6.57. The lowest BCUT2D eigenvalue weighted by atomic mass is 9.92. The number of benzene rings is 2. The average molecular weight is 397 g/mol. The molecule has 0 saturated carbocycles. The van der Waals surface area contributed by atoms with Crippen LogP contribution in [0.15, 0.2) is 42.5 Å². The highest BCUT2D eigenvalue weighted by Gasteiger charge is 2.26. The Balaban J connectivity index is 1.50. The van der Waals surface area contributed by atoms with E-state index in [1.54, 1.807) is 7.11 Å². The molecule has 156 valence electrons. The van der Waals surface area contributed by atoms with Crippen LogP contribution in [0.5, 0.6) is 17.2 Å². The molecule has 0 bridgehead atoms. The number of rotatable bonds is 6. The summed E-state index contributed by atoms with van der Waals surface area (Å²) in [5, 5.41) is 3.58. The van der Waals surface area contributed by atoms with Crippen molar-refractivity contribution < 1.29 is 14.2 Å². The van der Waals surface area contributed by atoms with Crippen LogP contribution in [0.3, 0.4) is 0 Å². The van der Waals surface area contributed by atoms with Crippen molar-refractivity contribution in [1.29, 1.82) is 0 Å². The van der Waals surface area contributed by atoms with Crippen LogP contribution < -0.4 is 19.5 Å². The zero-order valence-electron chi connectivity index (χ0n) is 17.5. The summed E-state index contributed by atoms with van der Waals surface area (Å²) in [7, 11) is 1.70. The van der Waals surface area contributed by atoms with Gasteiger partial charge in [-0.2, -0.15) is 0 Å². The van der Waals surface area contributed by atoms with E-state index in [0.717, 1.165) is 56.3 Å². The van der Waals surface area contributed by atoms with Gasteiger partial charge in [0.25, 0.3) is 0 Å². The zero-order valence-corrected chi connectivity index (χ0v) is 17.5. The first-order valence-corrected chi connectivity index (χ1v) is 10.7. The van der Waals surface area contributed by atoms with Gasteiger partial charge in [0, 0.05) is 38.6 Å². The van der Waals surface area contributed by atoms with Crippen LogP contribution in [0.4, 0.5) is 0 Å². The lowest BCUT2D eigenvalue weighted by molar-refractivity contribution is 0.139. The maximum atomic E-state index is 5.93. The van der Waals surface area contributed by atoms with Gasteiger partial charge in [0.15, 0.2) is 11.5 Å². The van der Waals surface area contributed by atoms with Gasteiger partial charge >= 0.3 is 0 Å². The van der Waals surface area contributed by atoms with Gasteiger partial charge in [0.1, 0.15) is 0 Å². The third-order valence-electron chi connectivity index (χ3n) is 5.95. The number of hydrogen-bond donors (Lipinski definition) is 1. The van der Waals surface area contributed by atoms with E-state index in [1.165, 1.54) is 11.1 Å². The van der Waals surface area contributed by atoms with Gasteiger partial charge in [0.2, 0.25) is 5.75 Å². The van der Waals surface area contributed by atoms with Gasteiger partial charge in [-0.1, -0.05) is 37.3 Å². The van der Waals surface area contributed by atoms with E-state index in [2.05, 4.69) is 59.6 Å². The molecule has 2 aliphatic rings. The summed E-state index contributed by atoms with van der Waals surface area (Å²) in [4.78, 5) is 2.59. The molecule has 0 aliphatic carbocycles. The molecular weight excluding hydrogens is 364 g/mol. The molecule has 1 N–H and O–H groups in total. The fourth-order valence-electron chi connectivity index (χ4n) is 4.34. The maximum absolute atomic E-state index is 5.93. The number of ether oxygens (including phenoxy) is 3. The van der Waals surface area contributed by atoms with Crippen molar-refractivity contribution in [2.75, 3.05) is 40.0 Å². The van der Waals surface area contributed by atoms with Gasteiger partial charge < -0.3 is 19.5 Å². The van der Waals surface area contributed by atoms with Crippen molar-refractivity contribution in [3.8, 4) is 17.2 Å². The molecule has 2 aromatic carbocycles. The molecule has 4 rings (SSSR count). The van der Waals surface area contributed by atoms with Crippen molar-refractivity contribution in [3.05, 3.63) is 53.6 Å². The van der Waals surface area contributed by atoms with Gasteiger partial charge in [-0.25, -0.2) is 0 Å². The van der Waals surface area contributed by atoms with E-state index < -0.39 is 0 Å². The third-order valence-corrected chi connectivity index (χ3v) is 5.95. The fourth-order valence-corrected chi connectivity index (χ4v) is 4.34. The highest BCUT2D eigenvalue weighted by Crippen LogP contribution is 2.40. The van der Waals surface area contributed by atoms with Crippen molar-refractivity contribution in [1.82, 2.24) is 10.2 Å². The Labute approximate surface area is 174 Å². The van der Waals surface area contributed by atoms with E-state index in [-0.39, 0.29) is 0 Å². The molecular formula is C24H32N2O3. The molecule has 2 unspecified atom stereocenters. The van der Waals surface area contributed by atoms with Crippen LogP contribution in [-0.4, -0.2) is 50.9 Å². The van der Waals surface area contributed by atoms with Crippen LogP contribution in [-0.2, 0) is 6.54 Å². The van der Waals surface area contributed by atoms with E-state index >= 15 is 0 Å². The Morgan fingerprint density at radius 2 is 2.00 bits per heavy atom. The molecule has 2 aromatic rings. The molecule has 0 amide bonds. The minimum Gasteiger partial charge on any atom is -0.493 e. The average Bonchev–Trinajstić information content (AvgIpc) is 3.00. The Bertz CT molecular complexity index is 796. The minimum atomic E-state index is 0.501. The quantitative estimate of drug-likeness (QED) is 0.804. The first-order valence-electron chi connectivity index (χ1n) is 10.7. The predicted molar refractivity (Wildman–Crippen MR) is 115 cm³/mol. The number of fused-ring (bicyclic) bond motifs is 1. The minimum absolute atomic E-state index is 0.501. The van der Waals surface area contributed by atoms with Gasteiger partial charge in [-0.15, -0.1) is 0 Å². The van der Waals surface area contributed by atoms with E-state index in [9.17, 15) is 0 Å². The molecule has 0 aromatic heterocycles. The molecule has 1 fully saturated rings. The Morgan fingerprint density at radius 3 is 2.83 bits per heavy atom. The summed E-state index contributed by atoms with van der Waals surface area (Å²) in [6.45, 7) is 7.67. The van der Waals surface area contributed by atoms with Gasteiger partial charge in [-0.05, 0) is 35.6 Å². The first kappa shape index (κ1) is 20.0. The second-order valence-electron chi connectivity index (χ2n) is 8.05. The first-order chi connectivity index (χ1) is 14.2. The number of methoxy groups -OCH3 is 1. The number of nitrogens with one attached hydrogen (secondary N) is 1. The zero-order chi connectivity index (χ0) is 20.1. The van der Waals surface area contributed by atoms with Crippen LogP contribution in [0.2, 0.25) is 0 Å². The van der Waals surface area contributed by atoms with Gasteiger partial charge in [-0.3, -0.25) is 4.90 Å². The normalized spacial score (nSPS) is 20.7. The molecule has 5 heteroatoms. The molecule has 0 spiro atoms. The standard InChI is InChI=1S/C24H32N2O3/c1-18(20-7-4-3-5-8-20)13-21-16-25-9-10-26(21)17-19-14-22(27-2)24-23(15-19)28-11-6-12-29-24/h3-5,7-8,14-15,18,21,25H,6,9-13,16-17H2,1-2H3. The Hall–Kier alpha value is -2.24. The molecule has 2 atom stereocenters. The lowest BCUT2D eigenvalue weighted by Gasteiger charge is -2.38. The maximum Gasteiger partial charge on any atom is 0.203 e. The fraction of sp³-hybridized carbons (Fsp3) is 0.500. The topological polar surface area (TPSA) is 43.0 Å². The highest BCUT2D eigenvalue weighted by atomic mass is 16.5. The Morgan fingerprint density at radius 1 is 1.17 bits per heavy atom. The van der Waals surface area contributed by atoms with E-state index in [4.69, 9.17) is 14.2 Å². The molecule has 2 aliphatic heterocycles. The predicted octanol–water partition coefficient (Wildman–Crippen LogP) is 3.82. The molecule has 2 heterocycles. The molecule has 1 saturated heterocycles. The van der Waals surface area contributed by atoms with E-state index in [1.807, 2.05) is 0 Å². The third kappa shape index (κ3) is 4.85. The number of nitrogens with zero attached hydrogens (tertiary/aromatic N) is 1. The second-order valence-corrected chi connectivity index (χ2v) is 8.05. The summed E-state index contributed by atoms with van der Waals surface area (Å²) >= 11 is 0. The summed E-state index contributed by atoms with van der Waals surface area (Å²) in [5.74, 6) is 2.84.